The number of rotatable bonds is 3. The van der Waals surface area contributed by atoms with Crippen LogP contribution in [-0.4, -0.2) is 23.4 Å². The maximum Gasteiger partial charge on any atom is 0.263 e. The molecule has 0 radical (unpaired) electrons. The molecule has 106 valence electrons. The summed E-state index contributed by atoms with van der Waals surface area (Å²) in [4.78, 5) is 25.5. The van der Waals surface area contributed by atoms with Crippen molar-refractivity contribution in [1.29, 1.82) is 0 Å². The summed E-state index contributed by atoms with van der Waals surface area (Å²) in [7, 11) is 0. The van der Waals surface area contributed by atoms with Gasteiger partial charge < -0.3 is 5.32 Å². The Hall–Kier alpha value is -2.04. The molecule has 3 rings (SSSR count). The first kappa shape index (κ1) is 13.9. The van der Waals surface area contributed by atoms with Crippen molar-refractivity contribution in [2.45, 2.75) is 0 Å². The predicted octanol–water partition coefficient (Wildman–Crippen LogP) is 3.66. The number of fused-ring (bicyclic) bond motifs is 1. The lowest BCUT2D eigenvalue weighted by molar-refractivity contribution is 0.0666. The maximum atomic E-state index is 12.2. The van der Waals surface area contributed by atoms with Crippen LogP contribution in [0.2, 0.25) is 10.0 Å². The lowest BCUT2D eigenvalue weighted by atomic mass is 10.1. The smallest absolute Gasteiger partial charge is 0.263 e. The molecule has 0 saturated carbocycles. The number of hydrogen-bond acceptors (Lipinski definition) is 3. The molecule has 0 aromatic heterocycles. The first-order valence-corrected chi connectivity index (χ1v) is 6.97. The summed E-state index contributed by atoms with van der Waals surface area (Å²) in [5.74, 6) is -0.624. The Labute approximate surface area is 131 Å². The third-order valence-corrected chi connectivity index (χ3v) is 3.78. The van der Waals surface area contributed by atoms with Crippen molar-refractivity contribution in [3.8, 4) is 0 Å². The Morgan fingerprint density at radius 3 is 2.14 bits per heavy atom. The normalized spacial score (nSPS) is 13.5. The molecule has 2 aromatic carbocycles. The van der Waals surface area contributed by atoms with E-state index in [2.05, 4.69) is 5.32 Å². The van der Waals surface area contributed by atoms with Gasteiger partial charge in [0.15, 0.2) is 0 Å². The molecule has 2 aromatic rings. The lowest BCUT2D eigenvalue weighted by Gasteiger charge is -2.16. The fraction of sp³-hybridized carbons (Fsp3) is 0.0667. The largest absolute Gasteiger partial charge is 0.366 e. The van der Waals surface area contributed by atoms with Crippen molar-refractivity contribution in [3.05, 3.63) is 63.6 Å². The number of hydrogen-bond donors (Lipinski definition) is 1. The number of halogens is 2. The number of carbonyl (C=O) groups excluding carboxylic acids is 2. The van der Waals surface area contributed by atoms with Crippen LogP contribution in [0.5, 0.6) is 0 Å². The molecular formula is C15H10Cl2N2O2. The van der Waals surface area contributed by atoms with E-state index in [0.29, 0.717) is 26.9 Å². The molecule has 0 unspecified atom stereocenters. The van der Waals surface area contributed by atoms with E-state index in [-0.39, 0.29) is 18.5 Å². The molecule has 0 bridgehead atoms. The molecule has 0 spiro atoms. The van der Waals surface area contributed by atoms with E-state index < -0.39 is 0 Å². The molecule has 0 saturated heterocycles. The monoisotopic (exact) mass is 320 g/mol. The van der Waals surface area contributed by atoms with Crippen LogP contribution in [0.25, 0.3) is 0 Å². The van der Waals surface area contributed by atoms with E-state index >= 15 is 0 Å². The Bertz CT molecular complexity index is 711. The van der Waals surface area contributed by atoms with Crippen molar-refractivity contribution in [2.24, 2.45) is 0 Å². The molecule has 0 atom stereocenters. The zero-order valence-corrected chi connectivity index (χ0v) is 12.3. The second-order valence-corrected chi connectivity index (χ2v) is 5.39. The molecule has 1 aliphatic rings. The minimum absolute atomic E-state index is 0.0493. The van der Waals surface area contributed by atoms with Crippen molar-refractivity contribution < 1.29 is 9.59 Å². The molecule has 1 aliphatic heterocycles. The molecule has 2 amide bonds. The number of amides is 2. The summed E-state index contributed by atoms with van der Waals surface area (Å²) in [5, 5.41) is 3.92. The fourth-order valence-electron chi connectivity index (χ4n) is 2.18. The summed E-state index contributed by atoms with van der Waals surface area (Å²) in [6.45, 7) is 0.0493. The first-order chi connectivity index (χ1) is 10.1. The number of nitrogens with one attached hydrogen (secondary N) is 1. The predicted molar refractivity (Wildman–Crippen MR) is 81.9 cm³/mol. The third-order valence-electron chi connectivity index (χ3n) is 3.24. The highest BCUT2D eigenvalue weighted by Gasteiger charge is 2.34. The van der Waals surface area contributed by atoms with Gasteiger partial charge in [0, 0.05) is 5.02 Å². The van der Waals surface area contributed by atoms with E-state index in [1.807, 2.05) is 0 Å². The summed E-state index contributed by atoms with van der Waals surface area (Å²) in [6.07, 6.45) is 0. The van der Waals surface area contributed by atoms with Gasteiger partial charge in [0.2, 0.25) is 0 Å². The maximum absolute atomic E-state index is 12.2. The van der Waals surface area contributed by atoms with Gasteiger partial charge in [0.05, 0.1) is 28.5 Å². The number of benzene rings is 2. The number of carbonyl (C=O) groups is 2. The van der Waals surface area contributed by atoms with Gasteiger partial charge in [0.25, 0.3) is 11.8 Å². The minimum Gasteiger partial charge on any atom is -0.366 e. The van der Waals surface area contributed by atoms with Crippen LogP contribution in [0.1, 0.15) is 20.7 Å². The van der Waals surface area contributed by atoms with Gasteiger partial charge >= 0.3 is 0 Å². The second-order valence-electron chi connectivity index (χ2n) is 4.54. The van der Waals surface area contributed by atoms with Crippen molar-refractivity contribution in [3.63, 3.8) is 0 Å². The van der Waals surface area contributed by atoms with Crippen LogP contribution < -0.4 is 5.32 Å². The molecule has 1 heterocycles. The Morgan fingerprint density at radius 2 is 1.57 bits per heavy atom. The van der Waals surface area contributed by atoms with E-state index in [1.165, 1.54) is 0 Å². The summed E-state index contributed by atoms with van der Waals surface area (Å²) < 4.78 is 0. The topological polar surface area (TPSA) is 49.4 Å². The van der Waals surface area contributed by atoms with E-state index in [9.17, 15) is 9.59 Å². The number of nitrogens with zero attached hydrogens (tertiary/aromatic N) is 1. The van der Waals surface area contributed by atoms with E-state index in [4.69, 9.17) is 23.2 Å². The van der Waals surface area contributed by atoms with Crippen molar-refractivity contribution >= 4 is 40.7 Å². The quantitative estimate of drug-likeness (QED) is 0.878. The SMILES string of the molecule is O=C1c2ccccc2C(=O)N1CNc1ccc(Cl)cc1Cl. The molecule has 0 fully saturated rings. The van der Waals surface area contributed by atoms with E-state index in [0.717, 1.165) is 4.90 Å². The average molecular weight is 321 g/mol. The number of imide groups is 1. The van der Waals surface area contributed by atoms with Crippen LogP contribution in [0.15, 0.2) is 42.5 Å². The van der Waals surface area contributed by atoms with Gasteiger partial charge in [-0.05, 0) is 30.3 Å². The summed E-state index contributed by atoms with van der Waals surface area (Å²) in [5.41, 5.74) is 1.45. The standard InChI is InChI=1S/C15H10Cl2N2O2/c16-9-5-6-13(12(17)7-9)18-8-19-14(20)10-3-1-2-4-11(10)15(19)21/h1-7,18H,8H2. The highest BCUT2D eigenvalue weighted by atomic mass is 35.5. The van der Waals surface area contributed by atoms with Crippen LogP contribution >= 0.6 is 23.2 Å². The van der Waals surface area contributed by atoms with Crippen LogP contribution in [-0.2, 0) is 0 Å². The third kappa shape index (κ3) is 2.48. The van der Waals surface area contributed by atoms with Gasteiger partial charge in [-0.3, -0.25) is 14.5 Å². The Morgan fingerprint density at radius 1 is 0.952 bits per heavy atom. The van der Waals surface area contributed by atoms with Gasteiger partial charge in [-0.1, -0.05) is 35.3 Å². The van der Waals surface area contributed by atoms with Crippen LogP contribution in [0.4, 0.5) is 5.69 Å². The number of anilines is 1. The zero-order valence-electron chi connectivity index (χ0n) is 10.8. The Kier molecular flexibility index (Phi) is 3.57. The highest BCUT2D eigenvalue weighted by molar-refractivity contribution is 6.36. The highest BCUT2D eigenvalue weighted by Crippen LogP contribution is 2.27. The lowest BCUT2D eigenvalue weighted by Crippen LogP contribution is -2.34. The van der Waals surface area contributed by atoms with Gasteiger partial charge in [0.1, 0.15) is 0 Å². The first-order valence-electron chi connectivity index (χ1n) is 6.22. The van der Waals surface area contributed by atoms with E-state index in [1.54, 1.807) is 42.5 Å². The van der Waals surface area contributed by atoms with Crippen molar-refractivity contribution in [2.75, 3.05) is 12.0 Å². The van der Waals surface area contributed by atoms with Crippen molar-refractivity contribution in [1.82, 2.24) is 4.90 Å². The van der Waals surface area contributed by atoms with Crippen LogP contribution in [0.3, 0.4) is 0 Å². The average Bonchev–Trinajstić information content (AvgIpc) is 2.71. The fourth-order valence-corrected chi connectivity index (χ4v) is 2.66. The molecule has 1 N–H and O–H groups in total. The molecular weight excluding hydrogens is 311 g/mol. The minimum atomic E-state index is -0.312. The van der Waals surface area contributed by atoms with Crippen LogP contribution in [0, 0.1) is 0 Å². The molecule has 4 nitrogen and oxygen atoms in total. The van der Waals surface area contributed by atoms with Gasteiger partial charge in [-0.25, -0.2) is 0 Å². The Balaban J connectivity index is 1.78. The summed E-state index contributed by atoms with van der Waals surface area (Å²) >= 11 is 11.9. The summed E-state index contributed by atoms with van der Waals surface area (Å²) in [6, 6.07) is 11.7. The van der Waals surface area contributed by atoms with Gasteiger partial charge in [-0.2, -0.15) is 0 Å². The molecule has 0 aliphatic carbocycles. The second kappa shape index (κ2) is 5.39. The molecule has 21 heavy (non-hydrogen) atoms. The van der Waals surface area contributed by atoms with Gasteiger partial charge in [-0.15, -0.1) is 0 Å². The zero-order chi connectivity index (χ0) is 15.0. The molecule has 6 heteroatoms.